The lowest BCUT2D eigenvalue weighted by atomic mass is 9.90. The fourth-order valence-corrected chi connectivity index (χ4v) is 2.34. The van der Waals surface area contributed by atoms with Gasteiger partial charge in [-0.15, -0.1) is 12.3 Å². The van der Waals surface area contributed by atoms with E-state index in [1.54, 1.807) is 7.11 Å². The van der Waals surface area contributed by atoms with Crippen molar-refractivity contribution in [3.8, 4) is 12.3 Å². The molecule has 0 spiro atoms. The minimum absolute atomic E-state index is 0.00111. The number of hydrogen-bond donors (Lipinski definition) is 1. The molecular formula is C11H19NO. The van der Waals surface area contributed by atoms with Crippen molar-refractivity contribution >= 4 is 0 Å². The SMILES string of the molecule is C#CCC(NC)C1(OC)CCCC1. The topological polar surface area (TPSA) is 21.3 Å². The van der Waals surface area contributed by atoms with Gasteiger partial charge < -0.3 is 10.1 Å². The van der Waals surface area contributed by atoms with Crippen molar-refractivity contribution in [3.63, 3.8) is 0 Å². The van der Waals surface area contributed by atoms with Crippen LogP contribution >= 0.6 is 0 Å². The molecule has 0 amide bonds. The van der Waals surface area contributed by atoms with E-state index in [0.717, 1.165) is 19.3 Å². The van der Waals surface area contributed by atoms with Gasteiger partial charge in [0.1, 0.15) is 0 Å². The number of terminal acetylenes is 1. The second kappa shape index (κ2) is 4.64. The Morgan fingerprint density at radius 1 is 1.54 bits per heavy atom. The van der Waals surface area contributed by atoms with Crippen LogP contribution in [0.2, 0.25) is 0 Å². The fourth-order valence-electron chi connectivity index (χ4n) is 2.34. The molecule has 1 aliphatic carbocycles. The molecule has 13 heavy (non-hydrogen) atoms. The van der Waals surface area contributed by atoms with Crippen LogP contribution < -0.4 is 5.32 Å². The molecule has 0 bridgehead atoms. The summed E-state index contributed by atoms with van der Waals surface area (Å²) < 4.78 is 5.65. The van der Waals surface area contributed by atoms with Gasteiger partial charge in [0.05, 0.1) is 5.60 Å². The number of ether oxygens (including phenoxy) is 1. The molecular weight excluding hydrogens is 162 g/mol. The molecule has 1 fully saturated rings. The summed E-state index contributed by atoms with van der Waals surface area (Å²) in [6.45, 7) is 0. The van der Waals surface area contributed by atoms with Crippen LogP contribution in [-0.2, 0) is 4.74 Å². The molecule has 2 heteroatoms. The maximum atomic E-state index is 5.65. The zero-order chi connectivity index (χ0) is 9.73. The summed E-state index contributed by atoms with van der Waals surface area (Å²) in [6.07, 6.45) is 10.9. The van der Waals surface area contributed by atoms with Crippen molar-refractivity contribution in [2.75, 3.05) is 14.2 Å². The van der Waals surface area contributed by atoms with Crippen LogP contribution in [-0.4, -0.2) is 25.8 Å². The van der Waals surface area contributed by atoms with E-state index in [1.165, 1.54) is 12.8 Å². The molecule has 1 saturated carbocycles. The molecule has 0 aromatic carbocycles. The average Bonchev–Trinajstić information content (AvgIpc) is 2.63. The Bertz CT molecular complexity index is 189. The molecule has 0 aromatic rings. The van der Waals surface area contributed by atoms with Gasteiger partial charge in [0, 0.05) is 19.6 Å². The molecule has 1 unspecified atom stereocenters. The monoisotopic (exact) mass is 181 g/mol. The first-order valence-electron chi connectivity index (χ1n) is 4.95. The predicted octanol–water partition coefficient (Wildman–Crippen LogP) is 1.56. The van der Waals surface area contributed by atoms with Gasteiger partial charge in [-0.2, -0.15) is 0 Å². The lowest BCUT2D eigenvalue weighted by Crippen LogP contribution is -2.48. The third kappa shape index (κ3) is 2.04. The van der Waals surface area contributed by atoms with E-state index < -0.39 is 0 Å². The smallest absolute Gasteiger partial charge is 0.0840 e. The third-order valence-corrected chi connectivity index (χ3v) is 3.16. The lowest BCUT2D eigenvalue weighted by molar-refractivity contribution is -0.0324. The van der Waals surface area contributed by atoms with Crippen molar-refractivity contribution in [2.45, 2.75) is 43.7 Å². The van der Waals surface area contributed by atoms with E-state index >= 15 is 0 Å². The Labute approximate surface area is 81.0 Å². The van der Waals surface area contributed by atoms with Crippen LogP contribution in [0.1, 0.15) is 32.1 Å². The first-order valence-corrected chi connectivity index (χ1v) is 4.95. The third-order valence-electron chi connectivity index (χ3n) is 3.16. The van der Waals surface area contributed by atoms with E-state index in [9.17, 15) is 0 Å². The summed E-state index contributed by atoms with van der Waals surface area (Å²) in [7, 11) is 3.76. The zero-order valence-electron chi connectivity index (χ0n) is 8.60. The van der Waals surface area contributed by atoms with Gasteiger partial charge in [-0.3, -0.25) is 0 Å². The van der Waals surface area contributed by atoms with Crippen molar-refractivity contribution in [3.05, 3.63) is 0 Å². The zero-order valence-corrected chi connectivity index (χ0v) is 8.60. The normalized spacial score (nSPS) is 22.5. The summed E-state index contributed by atoms with van der Waals surface area (Å²) in [4.78, 5) is 0. The first kappa shape index (κ1) is 10.6. The van der Waals surface area contributed by atoms with Crippen LogP contribution in [0.5, 0.6) is 0 Å². The van der Waals surface area contributed by atoms with Crippen molar-refractivity contribution < 1.29 is 4.74 Å². The highest BCUT2D eigenvalue weighted by Crippen LogP contribution is 2.36. The standard InChI is InChI=1S/C11H19NO/c1-4-7-10(12-2)11(13-3)8-5-6-9-11/h1,10,12H,5-9H2,2-3H3. The quantitative estimate of drug-likeness (QED) is 0.664. The number of rotatable bonds is 4. The summed E-state index contributed by atoms with van der Waals surface area (Å²) >= 11 is 0. The van der Waals surface area contributed by atoms with E-state index in [0.29, 0.717) is 6.04 Å². The van der Waals surface area contributed by atoms with Crippen LogP contribution in [0.4, 0.5) is 0 Å². The highest BCUT2D eigenvalue weighted by Gasteiger charge is 2.40. The predicted molar refractivity (Wildman–Crippen MR) is 54.5 cm³/mol. The summed E-state index contributed by atoms with van der Waals surface area (Å²) in [6, 6.07) is 0.310. The minimum atomic E-state index is 0.00111. The summed E-state index contributed by atoms with van der Waals surface area (Å²) in [5.74, 6) is 2.71. The number of likely N-dealkylation sites (N-methyl/N-ethyl adjacent to an activating group) is 1. The van der Waals surface area contributed by atoms with Crippen LogP contribution in [0, 0.1) is 12.3 Å². The van der Waals surface area contributed by atoms with Crippen molar-refractivity contribution in [1.82, 2.24) is 5.32 Å². The fraction of sp³-hybridized carbons (Fsp3) is 0.818. The molecule has 1 aliphatic rings. The molecule has 2 nitrogen and oxygen atoms in total. The Morgan fingerprint density at radius 3 is 2.54 bits per heavy atom. The highest BCUT2D eigenvalue weighted by atomic mass is 16.5. The second-order valence-corrected chi connectivity index (χ2v) is 3.73. The largest absolute Gasteiger partial charge is 0.377 e. The Morgan fingerprint density at radius 2 is 2.15 bits per heavy atom. The lowest BCUT2D eigenvalue weighted by Gasteiger charge is -2.35. The van der Waals surface area contributed by atoms with Crippen LogP contribution in [0.3, 0.4) is 0 Å². The molecule has 74 valence electrons. The van der Waals surface area contributed by atoms with Gasteiger partial charge in [-0.05, 0) is 19.9 Å². The Balaban J connectivity index is 2.67. The molecule has 0 heterocycles. The van der Waals surface area contributed by atoms with Crippen molar-refractivity contribution in [2.24, 2.45) is 0 Å². The van der Waals surface area contributed by atoms with E-state index in [-0.39, 0.29) is 5.60 Å². The van der Waals surface area contributed by atoms with Crippen molar-refractivity contribution in [1.29, 1.82) is 0 Å². The maximum absolute atomic E-state index is 5.65. The summed E-state index contributed by atoms with van der Waals surface area (Å²) in [5.41, 5.74) is 0.00111. The maximum Gasteiger partial charge on any atom is 0.0840 e. The van der Waals surface area contributed by atoms with Gasteiger partial charge in [0.15, 0.2) is 0 Å². The van der Waals surface area contributed by atoms with E-state index in [4.69, 9.17) is 11.2 Å². The number of nitrogens with one attached hydrogen (secondary N) is 1. The first-order chi connectivity index (χ1) is 6.29. The van der Waals surface area contributed by atoms with Gasteiger partial charge in [-0.1, -0.05) is 12.8 Å². The average molecular weight is 181 g/mol. The van der Waals surface area contributed by atoms with Gasteiger partial charge in [-0.25, -0.2) is 0 Å². The van der Waals surface area contributed by atoms with Gasteiger partial charge >= 0.3 is 0 Å². The Kier molecular flexibility index (Phi) is 3.77. The summed E-state index contributed by atoms with van der Waals surface area (Å²) in [5, 5.41) is 3.27. The highest BCUT2D eigenvalue weighted by molar-refractivity contribution is 5.02. The molecule has 0 radical (unpaired) electrons. The van der Waals surface area contributed by atoms with Gasteiger partial charge in [0.2, 0.25) is 0 Å². The molecule has 1 N–H and O–H groups in total. The minimum Gasteiger partial charge on any atom is -0.377 e. The number of methoxy groups -OCH3 is 1. The Hall–Kier alpha value is -0.520. The van der Waals surface area contributed by atoms with Crippen LogP contribution in [0.15, 0.2) is 0 Å². The molecule has 1 atom stereocenters. The molecule has 0 aliphatic heterocycles. The second-order valence-electron chi connectivity index (χ2n) is 3.73. The van der Waals surface area contributed by atoms with E-state index in [1.807, 2.05) is 7.05 Å². The van der Waals surface area contributed by atoms with Gasteiger partial charge in [0.25, 0.3) is 0 Å². The molecule has 1 rings (SSSR count). The van der Waals surface area contributed by atoms with Crippen LogP contribution in [0.25, 0.3) is 0 Å². The molecule has 0 aromatic heterocycles. The van der Waals surface area contributed by atoms with E-state index in [2.05, 4.69) is 11.2 Å². The number of hydrogen-bond acceptors (Lipinski definition) is 2. The molecule has 0 saturated heterocycles.